The number of fused-ring (bicyclic) bond motifs is 3. The number of carbonyl (C=O) groups is 2. The minimum atomic E-state index is -4.31. The highest BCUT2D eigenvalue weighted by atomic mass is 32.2. The fraction of sp³-hybridized carbons (Fsp3) is 0.259. The molecule has 0 saturated carbocycles. The van der Waals surface area contributed by atoms with E-state index in [2.05, 4.69) is 0 Å². The van der Waals surface area contributed by atoms with Gasteiger partial charge in [0.2, 0.25) is 0 Å². The van der Waals surface area contributed by atoms with Crippen molar-refractivity contribution in [3.63, 3.8) is 0 Å². The zero-order valence-corrected chi connectivity index (χ0v) is 20.2. The third kappa shape index (κ3) is 4.98. The molecule has 1 saturated heterocycles. The fourth-order valence-electron chi connectivity index (χ4n) is 4.61. The van der Waals surface area contributed by atoms with E-state index in [4.69, 9.17) is 13.7 Å². The number of esters is 1. The number of hydrogen-bond donors (Lipinski definition) is 0. The molecule has 0 bridgehead atoms. The summed E-state index contributed by atoms with van der Waals surface area (Å²) in [5.41, 5.74) is 5.01. The van der Waals surface area contributed by atoms with E-state index >= 15 is 0 Å². The van der Waals surface area contributed by atoms with Crippen LogP contribution in [0.4, 0.5) is 4.79 Å². The van der Waals surface area contributed by atoms with Gasteiger partial charge in [0.05, 0.1) is 13.0 Å². The van der Waals surface area contributed by atoms with E-state index in [1.54, 1.807) is 0 Å². The van der Waals surface area contributed by atoms with Gasteiger partial charge in [0.25, 0.3) is 0 Å². The van der Waals surface area contributed by atoms with Crippen molar-refractivity contribution >= 4 is 22.4 Å². The maximum atomic E-state index is 12.9. The smallest absolute Gasteiger partial charge is 0.425 e. The van der Waals surface area contributed by atoms with Crippen molar-refractivity contribution in [1.29, 1.82) is 0 Å². The Morgan fingerprint density at radius 3 is 2.14 bits per heavy atom. The van der Waals surface area contributed by atoms with Gasteiger partial charge < -0.3 is 9.47 Å². The molecule has 0 unspecified atom stereocenters. The minimum absolute atomic E-state index is 0.0251. The van der Waals surface area contributed by atoms with Gasteiger partial charge in [-0.2, -0.15) is 12.7 Å². The summed E-state index contributed by atoms with van der Waals surface area (Å²) in [6, 6.07) is 24.9. The van der Waals surface area contributed by atoms with E-state index in [1.807, 2.05) is 78.9 Å². The second-order valence-corrected chi connectivity index (χ2v) is 10.3. The molecule has 36 heavy (non-hydrogen) atoms. The first-order valence-corrected chi connectivity index (χ1v) is 13.0. The van der Waals surface area contributed by atoms with Gasteiger partial charge in [0.15, 0.2) is 0 Å². The maximum absolute atomic E-state index is 12.9. The lowest BCUT2D eigenvalue weighted by molar-refractivity contribution is -0.146. The molecule has 186 valence electrons. The average Bonchev–Trinajstić information content (AvgIpc) is 3.21. The molecule has 3 aromatic rings. The third-order valence-electron chi connectivity index (χ3n) is 6.38. The second kappa shape index (κ2) is 10.1. The maximum Gasteiger partial charge on any atom is 0.425 e. The van der Waals surface area contributed by atoms with Crippen LogP contribution >= 0.6 is 0 Å². The molecule has 1 fully saturated rings. The number of benzene rings is 3. The average molecular weight is 508 g/mol. The van der Waals surface area contributed by atoms with Crippen LogP contribution < -0.4 is 0 Å². The van der Waals surface area contributed by atoms with E-state index in [0.717, 1.165) is 27.8 Å². The molecule has 9 heteroatoms. The van der Waals surface area contributed by atoms with Gasteiger partial charge in [-0.15, -0.1) is 0 Å². The topological polar surface area (TPSA) is 99.2 Å². The predicted molar refractivity (Wildman–Crippen MR) is 131 cm³/mol. The Bertz CT molecular complexity index is 1330. The van der Waals surface area contributed by atoms with Gasteiger partial charge in [-0.1, -0.05) is 78.9 Å². The molecule has 1 aliphatic carbocycles. The molecular formula is C27H25NO7S. The Labute approximate surface area is 209 Å². The summed E-state index contributed by atoms with van der Waals surface area (Å²) >= 11 is 0. The van der Waals surface area contributed by atoms with Crippen LogP contribution in [0.15, 0.2) is 78.9 Å². The van der Waals surface area contributed by atoms with Crippen molar-refractivity contribution in [3.05, 3.63) is 95.6 Å². The Morgan fingerprint density at radius 2 is 1.47 bits per heavy atom. The summed E-state index contributed by atoms with van der Waals surface area (Å²) in [7, 11) is -4.31. The quantitative estimate of drug-likeness (QED) is 0.460. The molecule has 1 aliphatic heterocycles. The minimum Gasteiger partial charge on any atom is -0.461 e. The van der Waals surface area contributed by atoms with E-state index in [9.17, 15) is 18.0 Å². The van der Waals surface area contributed by atoms with Crippen LogP contribution in [-0.2, 0) is 35.4 Å². The van der Waals surface area contributed by atoms with E-state index < -0.39 is 28.3 Å². The zero-order valence-electron chi connectivity index (χ0n) is 19.4. The lowest BCUT2D eigenvalue weighted by atomic mass is 9.98. The molecule has 0 N–H and O–H groups in total. The molecule has 0 spiro atoms. The van der Waals surface area contributed by atoms with Gasteiger partial charge >= 0.3 is 22.4 Å². The standard InChI is InChI=1S/C27H25NO7S/c29-26(33-16-19-8-2-1-3-9-19)14-20-15-28(36(31,32)35-17-20)27(30)34-18-25-23-12-6-4-10-21(23)22-11-5-7-13-24(22)25/h1-13,20,25H,14-18H2/t20-/m0/s1. The van der Waals surface area contributed by atoms with E-state index in [0.29, 0.717) is 4.31 Å². The summed E-state index contributed by atoms with van der Waals surface area (Å²) in [5.74, 6) is -1.25. The van der Waals surface area contributed by atoms with Crippen molar-refractivity contribution in [2.75, 3.05) is 19.8 Å². The molecule has 3 aromatic carbocycles. The number of carbonyl (C=O) groups excluding carboxylic acids is 2. The SMILES string of the molecule is O=C(C[C@@H]1COS(=O)(=O)N(C(=O)OCC2c3ccccc3-c3ccccc32)C1)OCc1ccccc1. The highest BCUT2D eigenvalue weighted by molar-refractivity contribution is 7.84. The van der Waals surface area contributed by atoms with Crippen LogP contribution in [-0.4, -0.2) is 44.5 Å². The molecule has 0 radical (unpaired) electrons. The molecule has 0 aromatic heterocycles. The summed E-state index contributed by atoms with van der Waals surface area (Å²) in [6.45, 7) is -0.348. The van der Waals surface area contributed by atoms with Gasteiger partial charge in [0.1, 0.15) is 13.2 Å². The molecule has 1 atom stereocenters. The molecular weight excluding hydrogens is 482 g/mol. The summed E-state index contributed by atoms with van der Waals surface area (Å²) in [6.07, 6.45) is -1.12. The molecule has 1 heterocycles. The largest absolute Gasteiger partial charge is 0.461 e. The Hall–Kier alpha value is -3.69. The highest BCUT2D eigenvalue weighted by Gasteiger charge is 2.39. The third-order valence-corrected chi connectivity index (χ3v) is 7.66. The first kappa shape index (κ1) is 24.0. The van der Waals surface area contributed by atoms with Gasteiger partial charge in [-0.3, -0.25) is 8.98 Å². The van der Waals surface area contributed by atoms with Gasteiger partial charge in [-0.05, 0) is 27.8 Å². The summed E-state index contributed by atoms with van der Waals surface area (Å²) < 4.78 is 41.2. The van der Waals surface area contributed by atoms with Crippen LogP contribution in [0.3, 0.4) is 0 Å². The monoisotopic (exact) mass is 507 g/mol. The highest BCUT2D eigenvalue weighted by Crippen LogP contribution is 2.44. The lowest BCUT2D eigenvalue weighted by Gasteiger charge is -2.30. The van der Waals surface area contributed by atoms with Crippen LogP contribution in [0, 0.1) is 5.92 Å². The fourth-order valence-corrected chi connectivity index (χ4v) is 5.73. The number of amides is 1. The van der Waals surface area contributed by atoms with Gasteiger partial charge in [0, 0.05) is 18.4 Å². The van der Waals surface area contributed by atoms with Crippen LogP contribution in [0.5, 0.6) is 0 Å². The first-order valence-electron chi connectivity index (χ1n) is 11.6. The molecule has 8 nitrogen and oxygen atoms in total. The number of ether oxygens (including phenoxy) is 2. The Kier molecular flexibility index (Phi) is 6.75. The van der Waals surface area contributed by atoms with E-state index in [1.165, 1.54) is 0 Å². The number of nitrogens with zero attached hydrogens (tertiary/aromatic N) is 1. The summed E-state index contributed by atoms with van der Waals surface area (Å²) in [5, 5.41) is 0. The van der Waals surface area contributed by atoms with Crippen molar-refractivity contribution in [2.45, 2.75) is 18.9 Å². The number of rotatable bonds is 6. The van der Waals surface area contributed by atoms with E-state index in [-0.39, 0.29) is 38.7 Å². The first-order chi connectivity index (χ1) is 17.4. The second-order valence-electron chi connectivity index (χ2n) is 8.79. The van der Waals surface area contributed by atoms with Gasteiger partial charge in [-0.25, -0.2) is 4.79 Å². The van der Waals surface area contributed by atoms with Crippen LogP contribution in [0.2, 0.25) is 0 Å². The van der Waals surface area contributed by atoms with Crippen molar-refractivity contribution in [3.8, 4) is 11.1 Å². The van der Waals surface area contributed by atoms with Crippen molar-refractivity contribution in [1.82, 2.24) is 4.31 Å². The zero-order chi connectivity index (χ0) is 25.1. The van der Waals surface area contributed by atoms with Crippen molar-refractivity contribution < 1.29 is 31.7 Å². The predicted octanol–water partition coefficient (Wildman–Crippen LogP) is 4.26. The Balaban J connectivity index is 1.21. The van der Waals surface area contributed by atoms with Crippen molar-refractivity contribution in [2.24, 2.45) is 5.92 Å². The van der Waals surface area contributed by atoms with Crippen LogP contribution in [0.25, 0.3) is 11.1 Å². The Morgan fingerprint density at radius 1 is 0.861 bits per heavy atom. The summed E-state index contributed by atoms with van der Waals surface area (Å²) in [4.78, 5) is 25.2. The lowest BCUT2D eigenvalue weighted by Crippen LogP contribution is -2.47. The normalized spacial score (nSPS) is 18.2. The van der Waals surface area contributed by atoms with Crippen LogP contribution in [0.1, 0.15) is 29.0 Å². The number of hydrogen-bond acceptors (Lipinski definition) is 7. The molecule has 5 rings (SSSR count). The molecule has 2 aliphatic rings. The molecule has 1 amide bonds.